The quantitative estimate of drug-likeness (QED) is 0.687. The van der Waals surface area contributed by atoms with Crippen LogP contribution in [0.2, 0.25) is 10.0 Å². The summed E-state index contributed by atoms with van der Waals surface area (Å²) in [5, 5.41) is 3.94. The highest BCUT2D eigenvalue weighted by Crippen LogP contribution is 2.29. The lowest BCUT2D eigenvalue weighted by molar-refractivity contribution is -0.127. The Hall–Kier alpha value is -0.820. The number of nitrogens with zero attached hydrogens (tertiary/aromatic N) is 1. The van der Waals surface area contributed by atoms with Crippen LogP contribution in [0.1, 0.15) is 63.4 Å². The minimum Gasteiger partial charge on any atom is -0.353 e. The largest absolute Gasteiger partial charge is 0.353 e. The van der Waals surface area contributed by atoms with E-state index in [1.807, 2.05) is 0 Å². The number of benzene rings is 1. The van der Waals surface area contributed by atoms with Crippen LogP contribution in [0.5, 0.6) is 0 Å². The molecule has 0 radical (unpaired) electrons. The lowest BCUT2D eigenvalue weighted by atomic mass is 9.94. The highest BCUT2D eigenvalue weighted by atomic mass is 35.5. The van der Waals surface area contributed by atoms with Gasteiger partial charge < -0.3 is 5.32 Å². The summed E-state index contributed by atoms with van der Waals surface area (Å²) in [6.07, 6.45) is 9.35. The summed E-state index contributed by atoms with van der Waals surface area (Å²) < 4.78 is 27.1. The smallest absolute Gasteiger partial charge is 0.223 e. The molecular weight excluding hydrogens is 431 g/mol. The van der Waals surface area contributed by atoms with Crippen molar-refractivity contribution in [1.82, 2.24) is 9.62 Å². The van der Waals surface area contributed by atoms with E-state index in [0.29, 0.717) is 41.5 Å². The number of halogens is 2. The van der Waals surface area contributed by atoms with Crippen molar-refractivity contribution >= 4 is 39.1 Å². The molecule has 0 aromatic heterocycles. The van der Waals surface area contributed by atoms with Gasteiger partial charge in [-0.25, -0.2) is 12.7 Å². The molecule has 1 amide bonds. The van der Waals surface area contributed by atoms with Crippen LogP contribution >= 0.6 is 23.2 Å². The summed E-state index contributed by atoms with van der Waals surface area (Å²) >= 11 is 12.3. The summed E-state index contributed by atoms with van der Waals surface area (Å²) in [6, 6.07) is 5.25. The minimum absolute atomic E-state index is 0.0850. The number of piperidine rings is 1. The Morgan fingerprint density at radius 2 is 1.52 bits per heavy atom. The SMILES string of the molecule is O=C(NC1CCCCCCC1)C1CCN(S(=O)(=O)Cc2c(Cl)cccc2Cl)CC1. The minimum atomic E-state index is -3.53. The topological polar surface area (TPSA) is 66.5 Å². The average molecular weight is 461 g/mol. The summed E-state index contributed by atoms with van der Waals surface area (Å²) in [6.45, 7) is 0.709. The Bertz CT molecular complexity index is 780. The number of carbonyl (C=O) groups is 1. The molecule has 3 rings (SSSR count). The van der Waals surface area contributed by atoms with Gasteiger partial charge >= 0.3 is 0 Å². The Balaban J connectivity index is 1.53. The summed E-state index contributed by atoms with van der Waals surface area (Å²) in [5.41, 5.74) is 0.431. The molecule has 1 heterocycles. The van der Waals surface area contributed by atoms with Crippen molar-refractivity contribution in [3.63, 3.8) is 0 Å². The van der Waals surface area contributed by atoms with Crippen LogP contribution in [0, 0.1) is 5.92 Å². The van der Waals surface area contributed by atoms with Crippen molar-refractivity contribution < 1.29 is 13.2 Å². The molecular formula is C21H30Cl2N2O3S. The van der Waals surface area contributed by atoms with E-state index in [2.05, 4.69) is 5.32 Å². The molecule has 1 aromatic rings. The molecule has 2 fully saturated rings. The second kappa shape index (κ2) is 10.5. The number of sulfonamides is 1. The van der Waals surface area contributed by atoms with Crippen molar-refractivity contribution in [3.8, 4) is 0 Å². The summed E-state index contributed by atoms with van der Waals surface area (Å²) in [5.74, 6) is -0.248. The van der Waals surface area contributed by atoms with Crippen LogP contribution < -0.4 is 5.32 Å². The van der Waals surface area contributed by atoms with E-state index < -0.39 is 10.0 Å². The van der Waals surface area contributed by atoms with E-state index in [4.69, 9.17) is 23.2 Å². The normalized spacial score (nSPS) is 20.8. The molecule has 8 heteroatoms. The number of hydrogen-bond donors (Lipinski definition) is 1. The van der Waals surface area contributed by atoms with Crippen molar-refractivity contribution in [1.29, 1.82) is 0 Å². The van der Waals surface area contributed by atoms with Crippen molar-refractivity contribution in [2.45, 2.75) is 69.6 Å². The van der Waals surface area contributed by atoms with Crippen LogP contribution in [0.15, 0.2) is 18.2 Å². The van der Waals surface area contributed by atoms with E-state index in [9.17, 15) is 13.2 Å². The molecule has 1 aliphatic heterocycles. The third-order valence-electron chi connectivity index (χ3n) is 6.06. The number of hydrogen-bond acceptors (Lipinski definition) is 3. The first-order valence-corrected chi connectivity index (χ1v) is 12.9. The van der Waals surface area contributed by atoms with Gasteiger partial charge in [-0.1, -0.05) is 61.4 Å². The highest BCUT2D eigenvalue weighted by Gasteiger charge is 2.32. The maximum atomic E-state index is 12.8. The van der Waals surface area contributed by atoms with Crippen molar-refractivity contribution in [2.75, 3.05) is 13.1 Å². The predicted octanol–water partition coefficient (Wildman–Crippen LogP) is 4.76. The molecule has 0 bridgehead atoms. The van der Waals surface area contributed by atoms with E-state index in [-0.39, 0.29) is 23.6 Å². The number of rotatable bonds is 5. The van der Waals surface area contributed by atoms with Gasteiger partial charge in [-0.15, -0.1) is 0 Å². The first kappa shape index (κ1) is 22.9. The summed E-state index contributed by atoms with van der Waals surface area (Å²) in [4.78, 5) is 12.7. The van der Waals surface area contributed by atoms with E-state index in [1.54, 1.807) is 18.2 Å². The van der Waals surface area contributed by atoms with Gasteiger partial charge in [-0.3, -0.25) is 4.79 Å². The first-order valence-electron chi connectivity index (χ1n) is 10.6. The zero-order valence-corrected chi connectivity index (χ0v) is 19.0. The van der Waals surface area contributed by atoms with Crippen LogP contribution in [0.25, 0.3) is 0 Å². The first-order chi connectivity index (χ1) is 13.9. The Kier molecular flexibility index (Phi) is 8.25. The fraction of sp³-hybridized carbons (Fsp3) is 0.667. The standard InChI is InChI=1S/C21H30Cl2N2O3S/c22-19-9-6-10-20(23)18(19)15-29(27,28)25-13-11-16(12-14-25)21(26)24-17-7-4-2-1-3-5-8-17/h6,9-10,16-17H,1-5,7-8,11-15H2,(H,24,26). The van der Waals surface area contributed by atoms with Gasteiger partial charge in [0.2, 0.25) is 15.9 Å². The highest BCUT2D eigenvalue weighted by molar-refractivity contribution is 7.88. The maximum absolute atomic E-state index is 12.8. The van der Waals surface area contributed by atoms with E-state index >= 15 is 0 Å². The van der Waals surface area contributed by atoms with Crippen LogP contribution in [0.3, 0.4) is 0 Å². The van der Waals surface area contributed by atoms with E-state index in [1.165, 1.54) is 36.4 Å². The molecule has 0 unspecified atom stereocenters. The molecule has 1 aromatic carbocycles. The number of amides is 1. The monoisotopic (exact) mass is 460 g/mol. The van der Waals surface area contributed by atoms with Gasteiger partial charge in [0.25, 0.3) is 0 Å². The Morgan fingerprint density at radius 3 is 2.10 bits per heavy atom. The van der Waals surface area contributed by atoms with Crippen LogP contribution in [0.4, 0.5) is 0 Å². The number of nitrogens with one attached hydrogen (secondary N) is 1. The fourth-order valence-corrected chi connectivity index (χ4v) is 6.57. The average Bonchev–Trinajstić information content (AvgIpc) is 2.67. The van der Waals surface area contributed by atoms with Gasteiger partial charge in [0.05, 0.1) is 5.75 Å². The molecule has 5 nitrogen and oxygen atoms in total. The third-order valence-corrected chi connectivity index (χ3v) is 8.57. The van der Waals surface area contributed by atoms with Gasteiger partial charge in [0.15, 0.2) is 0 Å². The molecule has 1 N–H and O–H groups in total. The molecule has 2 aliphatic rings. The van der Waals surface area contributed by atoms with Gasteiger partial charge in [0.1, 0.15) is 0 Å². The third kappa shape index (κ3) is 6.33. The Labute approximate surface area is 184 Å². The van der Waals surface area contributed by atoms with Gasteiger partial charge in [0, 0.05) is 40.7 Å². The second-order valence-corrected chi connectivity index (χ2v) is 11.0. The zero-order chi connectivity index (χ0) is 20.9. The van der Waals surface area contributed by atoms with Crippen LogP contribution in [-0.2, 0) is 20.6 Å². The second-order valence-electron chi connectivity index (χ2n) is 8.18. The molecule has 1 saturated carbocycles. The van der Waals surface area contributed by atoms with Crippen LogP contribution in [-0.4, -0.2) is 37.8 Å². The van der Waals surface area contributed by atoms with Crippen molar-refractivity contribution in [2.24, 2.45) is 5.92 Å². The maximum Gasteiger partial charge on any atom is 0.223 e. The predicted molar refractivity (Wildman–Crippen MR) is 118 cm³/mol. The molecule has 1 saturated heterocycles. The fourth-order valence-electron chi connectivity index (χ4n) is 4.26. The molecule has 0 atom stereocenters. The number of carbonyl (C=O) groups excluding carboxylic acids is 1. The molecule has 1 aliphatic carbocycles. The van der Waals surface area contributed by atoms with Crippen molar-refractivity contribution in [3.05, 3.63) is 33.8 Å². The molecule has 29 heavy (non-hydrogen) atoms. The lowest BCUT2D eigenvalue weighted by Crippen LogP contribution is -2.45. The molecule has 162 valence electrons. The van der Waals surface area contributed by atoms with Gasteiger partial charge in [-0.2, -0.15) is 0 Å². The summed E-state index contributed by atoms with van der Waals surface area (Å²) in [7, 11) is -3.53. The van der Waals surface area contributed by atoms with Gasteiger partial charge in [-0.05, 0) is 37.8 Å². The Morgan fingerprint density at radius 1 is 0.966 bits per heavy atom. The van der Waals surface area contributed by atoms with E-state index in [0.717, 1.165) is 12.8 Å². The lowest BCUT2D eigenvalue weighted by Gasteiger charge is -2.32. The molecule has 0 spiro atoms. The zero-order valence-electron chi connectivity index (χ0n) is 16.7.